The molecule has 0 amide bonds. The smallest absolute Gasteiger partial charge is 0.0431 e. The number of nitrogens with two attached hydrogens (primary N) is 1. The summed E-state index contributed by atoms with van der Waals surface area (Å²) in [6.07, 6.45) is 15.2. The Balaban J connectivity index is 1.94. The van der Waals surface area contributed by atoms with E-state index >= 15 is 0 Å². The maximum atomic E-state index is 8.96. The van der Waals surface area contributed by atoms with Crippen LogP contribution in [0.25, 0.3) is 0 Å². The van der Waals surface area contributed by atoms with Crippen molar-refractivity contribution in [2.45, 2.75) is 70.6 Å². The summed E-state index contributed by atoms with van der Waals surface area (Å²) in [4.78, 5) is 0. The third-order valence-electron chi connectivity index (χ3n) is 5.37. The van der Waals surface area contributed by atoms with Crippen LogP contribution in [0.2, 0.25) is 0 Å². The fourth-order valence-corrected chi connectivity index (χ4v) is 3.80. The predicted molar refractivity (Wildman–Crippen MR) is 103 cm³/mol. The summed E-state index contributed by atoms with van der Waals surface area (Å²) in [6.45, 7) is 3.22. The number of hydrogen-bond acceptors (Lipinski definition) is 2. The first-order valence-corrected chi connectivity index (χ1v) is 9.86. The van der Waals surface area contributed by atoms with E-state index in [9.17, 15) is 0 Å². The second-order valence-electron chi connectivity index (χ2n) is 7.28. The molecule has 1 aliphatic carbocycles. The molecule has 0 unspecified atom stereocenters. The maximum Gasteiger partial charge on any atom is 0.0431 e. The SMILES string of the molecule is CCC/C=C\C[C@H]1CCc2cc([C@H](CN)CCCCO)ccc2C1. The van der Waals surface area contributed by atoms with E-state index in [2.05, 4.69) is 37.3 Å². The van der Waals surface area contributed by atoms with Gasteiger partial charge in [-0.2, -0.15) is 0 Å². The van der Waals surface area contributed by atoms with Gasteiger partial charge in [-0.25, -0.2) is 0 Å². The van der Waals surface area contributed by atoms with Crippen molar-refractivity contribution in [2.75, 3.05) is 13.2 Å². The molecule has 2 atom stereocenters. The number of aliphatic hydroxyl groups excluding tert-OH is 1. The highest BCUT2D eigenvalue weighted by atomic mass is 16.2. The number of fused-ring (bicyclic) bond motifs is 1. The molecule has 3 N–H and O–H groups in total. The van der Waals surface area contributed by atoms with Gasteiger partial charge in [0.2, 0.25) is 0 Å². The molecule has 0 spiro atoms. The van der Waals surface area contributed by atoms with Crippen molar-refractivity contribution in [3.63, 3.8) is 0 Å². The summed E-state index contributed by atoms with van der Waals surface area (Å²) in [5.41, 5.74) is 10.5. The van der Waals surface area contributed by atoms with Crippen LogP contribution in [0.3, 0.4) is 0 Å². The van der Waals surface area contributed by atoms with Gasteiger partial charge in [-0.3, -0.25) is 0 Å². The summed E-state index contributed by atoms with van der Waals surface area (Å²) in [7, 11) is 0. The summed E-state index contributed by atoms with van der Waals surface area (Å²) < 4.78 is 0. The Morgan fingerprint density at radius 1 is 1.25 bits per heavy atom. The van der Waals surface area contributed by atoms with Crippen LogP contribution in [0.15, 0.2) is 30.4 Å². The number of aryl methyl sites for hydroxylation is 1. The largest absolute Gasteiger partial charge is 0.396 e. The van der Waals surface area contributed by atoms with Crippen LogP contribution in [0.5, 0.6) is 0 Å². The van der Waals surface area contributed by atoms with Crippen molar-refractivity contribution in [1.82, 2.24) is 0 Å². The van der Waals surface area contributed by atoms with Gasteiger partial charge in [0.1, 0.15) is 0 Å². The second-order valence-corrected chi connectivity index (χ2v) is 7.28. The molecule has 0 heterocycles. The molecule has 2 nitrogen and oxygen atoms in total. The number of unbranched alkanes of at least 4 members (excludes halogenated alkanes) is 2. The molecule has 0 saturated heterocycles. The van der Waals surface area contributed by atoms with E-state index in [1.54, 1.807) is 11.1 Å². The molecule has 0 aromatic heterocycles. The van der Waals surface area contributed by atoms with Crippen LogP contribution in [-0.4, -0.2) is 18.3 Å². The number of hydrogen-bond donors (Lipinski definition) is 2. The zero-order chi connectivity index (χ0) is 17.2. The molecular formula is C22H35NO. The van der Waals surface area contributed by atoms with Gasteiger partial charge in [-0.1, -0.05) is 50.1 Å². The van der Waals surface area contributed by atoms with Gasteiger partial charge in [-0.05, 0) is 80.0 Å². The van der Waals surface area contributed by atoms with Gasteiger partial charge in [0.05, 0.1) is 0 Å². The van der Waals surface area contributed by atoms with Crippen molar-refractivity contribution in [3.8, 4) is 0 Å². The van der Waals surface area contributed by atoms with Gasteiger partial charge in [0.15, 0.2) is 0 Å². The highest BCUT2D eigenvalue weighted by Gasteiger charge is 2.19. The summed E-state index contributed by atoms with van der Waals surface area (Å²) in [6, 6.07) is 7.06. The van der Waals surface area contributed by atoms with Crippen LogP contribution >= 0.6 is 0 Å². The van der Waals surface area contributed by atoms with Gasteiger partial charge in [0.25, 0.3) is 0 Å². The van der Waals surface area contributed by atoms with Crippen LogP contribution in [0.4, 0.5) is 0 Å². The lowest BCUT2D eigenvalue weighted by Gasteiger charge is -2.25. The lowest BCUT2D eigenvalue weighted by Crippen LogP contribution is -2.16. The molecule has 1 aromatic rings. The van der Waals surface area contributed by atoms with Crippen LogP contribution < -0.4 is 5.73 Å². The summed E-state index contributed by atoms with van der Waals surface area (Å²) >= 11 is 0. The number of allylic oxidation sites excluding steroid dienone is 2. The molecule has 1 aromatic carbocycles. The highest BCUT2D eigenvalue weighted by molar-refractivity contribution is 5.36. The fourth-order valence-electron chi connectivity index (χ4n) is 3.80. The first kappa shape index (κ1) is 19.2. The zero-order valence-electron chi connectivity index (χ0n) is 15.3. The van der Waals surface area contributed by atoms with Crippen molar-refractivity contribution >= 4 is 0 Å². The van der Waals surface area contributed by atoms with E-state index in [-0.39, 0.29) is 6.61 Å². The molecular weight excluding hydrogens is 294 g/mol. The van der Waals surface area contributed by atoms with E-state index in [1.807, 2.05) is 0 Å². The number of benzene rings is 1. The third-order valence-corrected chi connectivity index (χ3v) is 5.37. The lowest BCUT2D eigenvalue weighted by atomic mass is 9.80. The molecule has 2 rings (SSSR count). The Kier molecular flexibility index (Phi) is 8.55. The molecule has 0 radical (unpaired) electrons. The molecule has 24 heavy (non-hydrogen) atoms. The molecule has 0 bridgehead atoms. The van der Waals surface area contributed by atoms with Gasteiger partial charge in [-0.15, -0.1) is 0 Å². The van der Waals surface area contributed by atoms with Crippen LogP contribution in [0, 0.1) is 5.92 Å². The zero-order valence-corrected chi connectivity index (χ0v) is 15.3. The van der Waals surface area contributed by atoms with Crippen molar-refractivity contribution < 1.29 is 5.11 Å². The normalized spacial score (nSPS) is 18.7. The average molecular weight is 330 g/mol. The minimum atomic E-state index is 0.287. The third kappa shape index (κ3) is 5.75. The van der Waals surface area contributed by atoms with E-state index < -0.39 is 0 Å². The first-order chi connectivity index (χ1) is 11.8. The van der Waals surface area contributed by atoms with E-state index in [0.717, 1.165) is 25.2 Å². The Labute approximate surface area is 148 Å². The summed E-state index contributed by atoms with van der Waals surface area (Å²) in [5.74, 6) is 1.25. The molecule has 0 aliphatic heterocycles. The van der Waals surface area contributed by atoms with E-state index in [0.29, 0.717) is 12.5 Å². The van der Waals surface area contributed by atoms with E-state index in [1.165, 1.54) is 44.1 Å². The first-order valence-electron chi connectivity index (χ1n) is 9.86. The van der Waals surface area contributed by atoms with E-state index in [4.69, 9.17) is 10.8 Å². The molecule has 1 aliphatic rings. The van der Waals surface area contributed by atoms with Crippen LogP contribution in [-0.2, 0) is 12.8 Å². The van der Waals surface area contributed by atoms with Crippen molar-refractivity contribution in [1.29, 1.82) is 0 Å². The number of aliphatic hydroxyl groups is 1. The quantitative estimate of drug-likeness (QED) is 0.481. The van der Waals surface area contributed by atoms with Crippen LogP contribution in [0.1, 0.15) is 74.5 Å². The topological polar surface area (TPSA) is 46.2 Å². The second kappa shape index (κ2) is 10.7. The molecule has 0 saturated carbocycles. The number of rotatable bonds is 10. The van der Waals surface area contributed by atoms with Gasteiger partial charge in [0, 0.05) is 6.61 Å². The van der Waals surface area contributed by atoms with Gasteiger partial charge >= 0.3 is 0 Å². The van der Waals surface area contributed by atoms with Crippen molar-refractivity contribution in [3.05, 3.63) is 47.0 Å². The highest BCUT2D eigenvalue weighted by Crippen LogP contribution is 2.31. The average Bonchev–Trinajstić information content (AvgIpc) is 2.62. The Bertz CT molecular complexity index is 509. The molecule has 0 fully saturated rings. The van der Waals surface area contributed by atoms with Crippen molar-refractivity contribution in [2.24, 2.45) is 11.7 Å². The summed E-state index contributed by atoms with van der Waals surface area (Å²) in [5, 5.41) is 8.96. The molecule has 134 valence electrons. The minimum absolute atomic E-state index is 0.287. The fraction of sp³-hybridized carbons (Fsp3) is 0.636. The predicted octanol–water partition coefficient (Wildman–Crippen LogP) is 4.74. The maximum absolute atomic E-state index is 8.96. The van der Waals surface area contributed by atoms with Gasteiger partial charge < -0.3 is 10.8 Å². The Hall–Kier alpha value is -1.12. The standard InChI is InChI=1S/C22H35NO/c1-2-3-4-5-8-18-10-11-20-16-21(13-12-19(20)15-18)22(17-23)9-6-7-14-24/h4-5,12-13,16,18,22,24H,2-3,6-11,14-15,17,23H2,1H3/b5-4-/t18-,22-/m0/s1. The lowest BCUT2D eigenvalue weighted by molar-refractivity contribution is 0.281. The monoisotopic (exact) mass is 329 g/mol. The molecule has 2 heteroatoms. The Morgan fingerprint density at radius 2 is 2.12 bits per heavy atom. The Morgan fingerprint density at radius 3 is 2.88 bits per heavy atom. The minimum Gasteiger partial charge on any atom is -0.396 e.